The van der Waals surface area contributed by atoms with E-state index in [4.69, 9.17) is 14.9 Å². The third kappa shape index (κ3) is 4.97. The van der Waals surface area contributed by atoms with Crippen LogP contribution >= 0.6 is 0 Å². The Hall–Kier alpha value is -3.35. The van der Waals surface area contributed by atoms with E-state index in [0.29, 0.717) is 23.5 Å². The molecule has 0 spiro atoms. The summed E-state index contributed by atoms with van der Waals surface area (Å²) >= 11 is 0. The molecular weight excluding hydrogens is 380 g/mol. The van der Waals surface area contributed by atoms with E-state index in [0.717, 1.165) is 16.8 Å². The lowest BCUT2D eigenvalue weighted by atomic mass is 9.99. The third-order valence-electron chi connectivity index (χ3n) is 4.74. The van der Waals surface area contributed by atoms with Crippen LogP contribution in [0.2, 0.25) is 0 Å². The van der Waals surface area contributed by atoms with E-state index in [9.17, 15) is 4.79 Å². The van der Waals surface area contributed by atoms with Gasteiger partial charge in [-0.25, -0.2) is 0 Å². The van der Waals surface area contributed by atoms with Crippen molar-refractivity contribution in [1.82, 2.24) is 15.6 Å². The van der Waals surface area contributed by atoms with Crippen molar-refractivity contribution in [3.05, 3.63) is 65.1 Å². The number of carbonyl (C=O) groups excluding carboxylic acids is 1. The van der Waals surface area contributed by atoms with Crippen LogP contribution in [0.5, 0.6) is 11.5 Å². The highest BCUT2D eigenvalue weighted by atomic mass is 16.5. The van der Waals surface area contributed by atoms with Gasteiger partial charge in [0.25, 0.3) is 5.91 Å². The first-order valence-electron chi connectivity index (χ1n) is 9.87. The van der Waals surface area contributed by atoms with Gasteiger partial charge in [0.05, 0.1) is 5.69 Å². The first-order chi connectivity index (χ1) is 14.2. The molecule has 1 aliphatic heterocycles. The Bertz CT molecular complexity index is 998. The van der Waals surface area contributed by atoms with Gasteiger partial charge in [0.15, 0.2) is 0 Å². The fourth-order valence-electron chi connectivity index (χ4n) is 3.32. The highest BCUT2D eigenvalue weighted by Crippen LogP contribution is 2.42. The number of rotatable bonds is 6. The van der Waals surface area contributed by atoms with E-state index in [-0.39, 0.29) is 17.5 Å². The number of ether oxygens (including phenoxy) is 2. The first kappa shape index (κ1) is 21.4. The molecular formula is C23H28N4O3. The van der Waals surface area contributed by atoms with Crippen molar-refractivity contribution < 1.29 is 14.3 Å². The standard InChI is InChI=1S/C23H28N4O3/c1-14-6-9-26-18(10-14)15(2)29-19-11-16(22(28)27-21(24)7-8-25-5)12-20-17(19)13-23(3,4)30-20/h6-12,15,25H,13H2,1-5H3,(H2,24,27,28)/b8-7-. The number of nitrogens with zero attached hydrogens (tertiary/aromatic N) is 1. The van der Waals surface area contributed by atoms with Gasteiger partial charge in [0, 0.05) is 30.8 Å². The molecule has 0 saturated carbocycles. The number of amidine groups is 1. The second-order valence-electron chi connectivity index (χ2n) is 8.00. The number of nitrogens with one attached hydrogen (secondary N) is 3. The molecule has 0 bridgehead atoms. The number of hydrogen-bond acceptors (Lipinski definition) is 6. The molecule has 2 heterocycles. The minimum Gasteiger partial charge on any atom is -0.487 e. The average molecular weight is 409 g/mol. The zero-order valence-electron chi connectivity index (χ0n) is 18.0. The van der Waals surface area contributed by atoms with Crippen molar-refractivity contribution in [3.63, 3.8) is 0 Å². The molecule has 1 aromatic carbocycles. The van der Waals surface area contributed by atoms with Crippen LogP contribution in [-0.4, -0.2) is 29.4 Å². The van der Waals surface area contributed by atoms with Crippen LogP contribution in [0, 0.1) is 12.3 Å². The molecule has 30 heavy (non-hydrogen) atoms. The highest BCUT2D eigenvalue weighted by Gasteiger charge is 2.34. The number of hydrogen-bond donors (Lipinski definition) is 3. The second kappa shape index (κ2) is 8.57. The lowest BCUT2D eigenvalue weighted by molar-refractivity contribution is 0.0974. The quantitative estimate of drug-likeness (QED) is 0.500. The molecule has 1 unspecified atom stereocenters. The summed E-state index contributed by atoms with van der Waals surface area (Å²) in [4.78, 5) is 17.1. The number of amides is 1. The van der Waals surface area contributed by atoms with Crippen LogP contribution in [0.15, 0.2) is 42.7 Å². The topological polar surface area (TPSA) is 96.3 Å². The first-order valence-corrected chi connectivity index (χ1v) is 9.87. The van der Waals surface area contributed by atoms with Gasteiger partial charge in [-0.1, -0.05) is 0 Å². The predicted molar refractivity (Wildman–Crippen MR) is 116 cm³/mol. The zero-order valence-corrected chi connectivity index (χ0v) is 18.0. The fourth-order valence-corrected chi connectivity index (χ4v) is 3.32. The molecule has 1 atom stereocenters. The van der Waals surface area contributed by atoms with Gasteiger partial charge in [-0.05, 0) is 69.8 Å². The van der Waals surface area contributed by atoms with Crippen molar-refractivity contribution in [2.24, 2.45) is 0 Å². The molecule has 158 valence electrons. The minimum atomic E-state index is -0.400. The number of benzene rings is 1. The van der Waals surface area contributed by atoms with E-state index in [2.05, 4.69) is 15.6 Å². The Kier molecular flexibility index (Phi) is 6.10. The summed E-state index contributed by atoms with van der Waals surface area (Å²) in [6.07, 6.45) is 5.17. The molecule has 0 saturated heterocycles. The summed E-state index contributed by atoms with van der Waals surface area (Å²) in [5.41, 5.74) is 2.83. The van der Waals surface area contributed by atoms with Crippen LogP contribution in [-0.2, 0) is 6.42 Å². The molecule has 3 rings (SSSR count). The summed E-state index contributed by atoms with van der Waals surface area (Å²) in [6.45, 7) is 7.94. The van der Waals surface area contributed by atoms with E-state index in [1.807, 2.05) is 39.8 Å². The molecule has 7 nitrogen and oxygen atoms in total. The van der Waals surface area contributed by atoms with Crippen molar-refractivity contribution >= 4 is 11.7 Å². The lowest BCUT2D eigenvalue weighted by Gasteiger charge is -2.18. The lowest BCUT2D eigenvalue weighted by Crippen LogP contribution is -2.28. The number of carbonyl (C=O) groups is 1. The number of aromatic nitrogens is 1. The van der Waals surface area contributed by atoms with Gasteiger partial charge < -0.3 is 20.1 Å². The summed E-state index contributed by atoms with van der Waals surface area (Å²) in [5, 5.41) is 13.2. The molecule has 0 aliphatic carbocycles. The van der Waals surface area contributed by atoms with Crippen LogP contribution in [0.25, 0.3) is 0 Å². The SMILES string of the molecule is CN/C=C\C(=N)NC(=O)c1cc(OC(C)c2cc(C)ccn2)c2c(c1)OC(C)(C)C2. The Morgan fingerprint density at radius 3 is 2.83 bits per heavy atom. The molecule has 3 N–H and O–H groups in total. The van der Waals surface area contributed by atoms with Gasteiger partial charge >= 0.3 is 0 Å². The second-order valence-corrected chi connectivity index (χ2v) is 8.00. The summed E-state index contributed by atoms with van der Waals surface area (Å²) in [6, 6.07) is 7.33. The van der Waals surface area contributed by atoms with E-state index in [1.54, 1.807) is 31.6 Å². The van der Waals surface area contributed by atoms with Gasteiger partial charge in [0.1, 0.15) is 29.0 Å². The molecule has 2 aromatic rings. The van der Waals surface area contributed by atoms with E-state index >= 15 is 0 Å². The smallest absolute Gasteiger partial charge is 0.257 e. The van der Waals surface area contributed by atoms with Crippen molar-refractivity contribution in [1.29, 1.82) is 5.41 Å². The fraction of sp³-hybridized carbons (Fsp3) is 0.348. The van der Waals surface area contributed by atoms with Gasteiger partial charge in [-0.15, -0.1) is 0 Å². The largest absolute Gasteiger partial charge is 0.487 e. The maximum atomic E-state index is 12.7. The Balaban J connectivity index is 1.91. The summed E-state index contributed by atoms with van der Waals surface area (Å²) in [5.74, 6) is 0.805. The number of aryl methyl sites for hydroxylation is 1. The molecule has 1 aliphatic rings. The molecule has 7 heteroatoms. The minimum absolute atomic E-state index is 0.0177. The van der Waals surface area contributed by atoms with Crippen LogP contribution < -0.4 is 20.1 Å². The van der Waals surface area contributed by atoms with Gasteiger partial charge in [-0.3, -0.25) is 15.2 Å². The van der Waals surface area contributed by atoms with Crippen molar-refractivity contribution in [3.8, 4) is 11.5 Å². The Labute approximate surface area is 177 Å². The monoisotopic (exact) mass is 408 g/mol. The number of pyridine rings is 1. The Morgan fingerprint density at radius 1 is 1.37 bits per heavy atom. The van der Waals surface area contributed by atoms with E-state index < -0.39 is 5.91 Å². The van der Waals surface area contributed by atoms with Crippen LogP contribution in [0.1, 0.15) is 54.1 Å². The molecule has 0 fully saturated rings. The normalized spacial score (nSPS) is 15.2. The van der Waals surface area contributed by atoms with Gasteiger partial charge in [0.2, 0.25) is 0 Å². The maximum Gasteiger partial charge on any atom is 0.257 e. The molecule has 1 amide bonds. The predicted octanol–water partition coefficient (Wildman–Crippen LogP) is 3.68. The molecule has 0 radical (unpaired) electrons. The van der Waals surface area contributed by atoms with Crippen LogP contribution in [0.3, 0.4) is 0 Å². The summed E-state index contributed by atoms with van der Waals surface area (Å²) < 4.78 is 12.3. The van der Waals surface area contributed by atoms with Gasteiger partial charge in [-0.2, -0.15) is 0 Å². The van der Waals surface area contributed by atoms with Crippen LogP contribution in [0.4, 0.5) is 0 Å². The summed E-state index contributed by atoms with van der Waals surface area (Å²) in [7, 11) is 1.72. The molecule has 1 aromatic heterocycles. The number of fused-ring (bicyclic) bond motifs is 1. The highest BCUT2D eigenvalue weighted by molar-refractivity contribution is 6.09. The van der Waals surface area contributed by atoms with Crippen molar-refractivity contribution in [2.75, 3.05) is 7.05 Å². The maximum absolute atomic E-state index is 12.7. The zero-order chi connectivity index (χ0) is 21.9. The third-order valence-corrected chi connectivity index (χ3v) is 4.74. The average Bonchev–Trinajstić information content (AvgIpc) is 3.00. The Morgan fingerprint density at radius 2 is 2.13 bits per heavy atom. The van der Waals surface area contributed by atoms with E-state index in [1.165, 1.54) is 6.08 Å². The van der Waals surface area contributed by atoms with Crippen molar-refractivity contribution in [2.45, 2.75) is 45.8 Å².